The number of hydrogen-bond donors (Lipinski definition) is 1. The summed E-state index contributed by atoms with van der Waals surface area (Å²) in [6.45, 7) is 6.46. The molecule has 40 heavy (non-hydrogen) atoms. The van der Waals surface area contributed by atoms with Crippen molar-refractivity contribution in [2.45, 2.75) is 58.1 Å². The first-order valence-electron chi connectivity index (χ1n) is 13.7. The first-order chi connectivity index (χ1) is 19.2. The average molecular weight is 546 g/mol. The number of carbonyl (C=O) groups is 2. The van der Waals surface area contributed by atoms with E-state index in [0.717, 1.165) is 45.3 Å². The summed E-state index contributed by atoms with van der Waals surface area (Å²) in [5.41, 5.74) is 3.43. The Bertz CT molecular complexity index is 1370. The van der Waals surface area contributed by atoms with Gasteiger partial charge in [-0.3, -0.25) is 15.0 Å². The van der Waals surface area contributed by atoms with Crippen LogP contribution < -0.4 is 5.32 Å². The maximum atomic E-state index is 13.7. The summed E-state index contributed by atoms with van der Waals surface area (Å²) >= 11 is 0. The van der Waals surface area contributed by atoms with Gasteiger partial charge in [0.1, 0.15) is 6.10 Å². The van der Waals surface area contributed by atoms with Gasteiger partial charge in [-0.15, -0.1) is 0 Å². The highest BCUT2D eigenvalue weighted by Crippen LogP contribution is 2.51. The van der Waals surface area contributed by atoms with E-state index < -0.39 is 22.8 Å². The molecule has 1 saturated heterocycles. The smallest absolute Gasteiger partial charge is 0.337 e. The van der Waals surface area contributed by atoms with E-state index in [9.17, 15) is 19.7 Å². The number of nitrogens with one attached hydrogen (secondary N) is 1. The van der Waals surface area contributed by atoms with Crippen LogP contribution in [0.15, 0.2) is 77.1 Å². The monoisotopic (exact) mass is 545 g/mol. The van der Waals surface area contributed by atoms with Crippen LogP contribution in [0.3, 0.4) is 0 Å². The number of esters is 2. The maximum absolute atomic E-state index is 13.7. The number of rotatable bonds is 7. The summed E-state index contributed by atoms with van der Waals surface area (Å²) in [6, 6.07) is 16.5. The molecule has 9 heteroatoms. The van der Waals surface area contributed by atoms with Crippen molar-refractivity contribution in [1.29, 1.82) is 0 Å². The zero-order valence-corrected chi connectivity index (χ0v) is 23.1. The van der Waals surface area contributed by atoms with Crippen LogP contribution in [-0.4, -0.2) is 48.1 Å². The summed E-state index contributed by atoms with van der Waals surface area (Å²) in [7, 11) is 1.27. The van der Waals surface area contributed by atoms with Crippen LogP contribution in [0.5, 0.6) is 0 Å². The van der Waals surface area contributed by atoms with Crippen LogP contribution in [0.2, 0.25) is 0 Å². The van der Waals surface area contributed by atoms with Crippen molar-refractivity contribution in [2.24, 2.45) is 5.41 Å². The number of hydrogen-bond acceptors (Lipinski definition) is 8. The molecule has 1 N–H and O–H groups in total. The largest absolute Gasteiger partial charge is 0.466 e. The average Bonchev–Trinajstić information content (AvgIpc) is 2.93. The van der Waals surface area contributed by atoms with Gasteiger partial charge in [0.15, 0.2) is 0 Å². The third-order valence-electron chi connectivity index (χ3n) is 8.56. The molecule has 2 heterocycles. The van der Waals surface area contributed by atoms with Gasteiger partial charge in [0, 0.05) is 30.1 Å². The number of non-ortho nitro benzene ring substituents is 1. The lowest BCUT2D eigenvalue weighted by Gasteiger charge is -2.51. The lowest BCUT2D eigenvalue weighted by atomic mass is 9.61. The Labute approximate surface area is 234 Å². The van der Waals surface area contributed by atoms with Crippen molar-refractivity contribution in [3.05, 3.63) is 98.4 Å². The lowest BCUT2D eigenvalue weighted by Crippen LogP contribution is -2.50. The van der Waals surface area contributed by atoms with Crippen LogP contribution in [0.1, 0.15) is 56.6 Å². The van der Waals surface area contributed by atoms with Gasteiger partial charge in [0.2, 0.25) is 0 Å². The summed E-state index contributed by atoms with van der Waals surface area (Å²) < 4.78 is 11.1. The van der Waals surface area contributed by atoms with Gasteiger partial charge < -0.3 is 14.8 Å². The molecular weight excluding hydrogens is 510 g/mol. The highest BCUT2D eigenvalue weighted by molar-refractivity contribution is 6.00. The molecule has 2 aromatic rings. The van der Waals surface area contributed by atoms with E-state index in [1.165, 1.54) is 24.8 Å². The predicted molar refractivity (Wildman–Crippen MR) is 149 cm³/mol. The molecule has 1 atom stereocenters. The minimum absolute atomic E-state index is 0.122. The number of allylic oxidation sites excluding steroid dienone is 2. The number of ether oxygens (including phenoxy) is 2. The molecule has 0 amide bonds. The Hall–Kier alpha value is -3.98. The van der Waals surface area contributed by atoms with Crippen molar-refractivity contribution in [3.8, 4) is 0 Å². The standard InChI is InChI=1S/C31H35N3O6/c1-20-26(29(35)39-3)28(23-10-7-11-24(16-23)34(37)38)27(21(2)32-20)30(36)40-25-17-31(18-25)12-14-33(15-13-31)19-22-8-5-4-6-9-22/h4-11,16,25,28,32H,12-15,17-19H2,1-3H3. The number of nitro benzene ring substituents is 1. The second-order valence-electron chi connectivity index (χ2n) is 11.2. The SMILES string of the molecule is COC(=O)C1=C(C)NC(C)=C(C(=O)OC2CC3(CCN(Cc4ccccc4)CC3)C2)C1c1cccc([N+](=O)[O-])c1. The molecule has 3 aliphatic rings. The summed E-state index contributed by atoms with van der Waals surface area (Å²) in [5, 5.41) is 14.6. The van der Waals surface area contributed by atoms with Gasteiger partial charge in [-0.25, -0.2) is 9.59 Å². The zero-order chi connectivity index (χ0) is 28.4. The summed E-state index contributed by atoms with van der Waals surface area (Å²) in [4.78, 5) is 40.0. The molecule has 210 valence electrons. The number of carbonyl (C=O) groups excluding carboxylic acids is 2. The predicted octanol–water partition coefficient (Wildman–Crippen LogP) is 4.99. The van der Waals surface area contributed by atoms with E-state index in [2.05, 4.69) is 34.5 Å². The Morgan fingerprint density at radius 2 is 1.65 bits per heavy atom. The highest BCUT2D eigenvalue weighted by Gasteiger charge is 2.48. The molecule has 9 nitrogen and oxygen atoms in total. The first kappa shape index (κ1) is 27.6. The van der Waals surface area contributed by atoms with Gasteiger partial charge in [0.25, 0.3) is 5.69 Å². The van der Waals surface area contributed by atoms with Crippen LogP contribution in [0, 0.1) is 15.5 Å². The normalized spacial score (nSPS) is 21.0. The topological polar surface area (TPSA) is 111 Å². The number of likely N-dealkylation sites (tertiary alicyclic amines) is 1. The fourth-order valence-corrected chi connectivity index (χ4v) is 6.44. The quantitative estimate of drug-likeness (QED) is 0.294. The highest BCUT2D eigenvalue weighted by atomic mass is 16.6. The first-order valence-corrected chi connectivity index (χ1v) is 13.7. The van der Waals surface area contributed by atoms with Gasteiger partial charge in [-0.2, -0.15) is 0 Å². The molecule has 0 bridgehead atoms. The molecule has 1 saturated carbocycles. The molecule has 0 radical (unpaired) electrons. The molecule has 1 aliphatic carbocycles. The van der Waals surface area contributed by atoms with Crippen molar-refractivity contribution < 1.29 is 24.0 Å². The van der Waals surface area contributed by atoms with E-state index in [-0.39, 0.29) is 28.4 Å². The van der Waals surface area contributed by atoms with E-state index in [1.807, 2.05) is 6.07 Å². The third kappa shape index (κ3) is 5.51. The summed E-state index contributed by atoms with van der Waals surface area (Å²) in [6.07, 6.45) is 3.58. The fraction of sp³-hybridized carbons (Fsp3) is 0.419. The maximum Gasteiger partial charge on any atom is 0.337 e. The molecule has 2 fully saturated rings. The second kappa shape index (κ2) is 11.3. The molecule has 2 aromatic carbocycles. The van der Waals surface area contributed by atoms with Crippen molar-refractivity contribution >= 4 is 17.6 Å². The number of piperidine rings is 1. The Kier molecular flexibility index (Phi) is 7.76. The Morgan fingerprint density at radius 1 is 1.00 bits per heavy atom. The number of nitro groups is 1. The van der Waals surface area contributed by atoms with Crippen LogP contribution in [-0.2, 0) is 25.6 Å². The van der Waals surface area contributed by atoms with Gasteiger partial charge in [-0.05, 0) is 69.2 Å². The minimum atomic E-state index is -0.851. The number of benzene rings is 2. The van der Waals surface area contributed by atoms with Crippen LogP contribution in [0.25, 0.3) is 0 Å². The van der Waals surface area contributed by atoms with E-state index in [1.54, 1.807) is 26.0 Å². The molecular formula is C31H35N3O6. The number of methoxy groups -OCH3 is 1. The zero-order valence-electron chi connectivity index (χ0n) is 23.1. The minimum Gasteiger partial charge on any atom is -0.466 e. The van der Waals surface area contributed by atoms with E-state index in [4.69, 9.17) is 9.47 Å². The molecule has 5 rings (SSSR count). The third-order valence-corrected chi connectivity index (χ3v) is 8.56. The Balaban J connectivity index is 1.29. The van der Waals surface area contributed by atoms with E-state index in [0.29, 0.717) is 17.0 Å². The number of nitrogens with zero attached hydrogens (tertiary/aromatic N) is 2. The van der Waals surface area contributed by atoms with Gasteiger partial charge >= 0.3 is 11.9 Å². The van der Waals surface area contributed by atoms with Crippen molar-refractivity contribution in [3.63, 3.8) is 0 Å². The van der Waals surface area contributed by atoms with Crippen molar-refractivity contribution in [1.82, 2.24) is 10.2 Å². The summed E-state index contributed by atoms with van der Waals surface area (Å²) in [5.74, 6) is -1.97. The Morgan fingerprint density at radius 3 is 2.27 bits per heavy atom. The van der Waals surface area contributed by atoms with Gasteiger partial charge in [-0.1, -0.05) is 42.5 Å². The lowest BCUT2D eigenvalue weighted by molar-refractivity contribution is -0.384. The van der Waals surface area contributed by atoms with Gasteiger partial charge in [0.05, 0.1) is 29.1 Å². The number of dihydropyridines is 1. The van der Waals surface area contributed by atoms with Crippen LogP contribution >= 0.6 is 0 Å². The molecule has 1 unspecified atom stereocenters. The molecule has 0 aromatic heterocycles. The van der Waals surface area contributed by atoms with Crippen LogP contribution in [0.4, 0.5) is 5.69 Å². The second-order valence-corrected chi connectivity index (χ2v) is 11.2. The van der Waals surface area contributed by atoms with Crippen molar-refractivity contribution in [2.75, 3.05) is 20.2 Å². The molecule has 1 spiro atoms. The molecule has 2 aliphatic heterocycles. The fourth-order valence-electron chi connectivity index (χ4n) is 6.44. The van der Waals surface area contributed by atoms with E-state index >= 15 is 0 Å².